The SMILES string of the molecule is COC(=O)C1(c2ccc(-c3ccccc3)c(F)c2)CC1. The largest absolute Gasteiger partial charge is 0.468 e. The van der Waals surface area contributed by atoms with E-state index in [1.807, 2.05) is 36.4 Å². The first-order valence-corrected chi connectivity index (χ1v) is 6.61. The number of hydrogen-bond donors (Lipinski definition) is 0. The molecule has 2 aromatic carbocycles. The lowest BCUT2D eigenvalue weighted by Gasteiger charge is -2.14. The first kappa shape index (κ1) is 12.9. The summed E-state index contributed by atoms with van der Waals surface area (Å²) in [5, 5.41) is 0. The second-order valence-electron chi connectivity index (χ2n) is 5.13. The topological polar surface area (TPSA) is 26.3 Å². The van der Waals surface area contributed by atoms with Crippen molar-refractivity contribution < 1.29 is 13.9 Å². The molecule has 0 atom stereocenters. The van der Waals surface area contributed by atoms with Crippen LogP contribution in [0.1, 0.15) is 18.4 Å². The Morgan fingerprint density at radius 3 is 2.40 bits per heavy atom. The minimum atomic E-state index is -0.620. The highest BCUT2D eigenvalue weighted by Crippen LogP contribution is 2.49. The first-order chi connectivity index (χ1) is 9.67. The molecule has 0 aromatic heterocycles. The summed E-state index contributed by atoms with van der Waals surface area (Å²) < 4.78 is 19.1. The third kappa shape index (κ3) is 1.99. The van der Waals surface area contributed by atoms with Gasteiger partial charge >= 0.3 is 5.97 Å². The Kier molecular flexibility index (Phi) is 3.05. The number of hydrogen-bond acceptors (Lipinski definition) is 2. The van der Waals surface area contributed by atoms with E-state index in [4.69, 9.17) is 4.74 Å². The summed E-state index contributed by atoms with van der Waals surface area (Å²) in [6, 6.07) is 14.4. The van der Waals surface area contributed by atoms with Crippen LogP contribution in [0.15, 0.2) is 48.5 Å². The minimum absolute atomic E-state index is 0.274. The van der Waals surface area contributed by atoms with Crippen molar-refractivity contribution in [3.8, 4) is 11.1 Å². The molecule has 0 aliphatic heterocycles. The number of carbonyl (C=O) groups is 1. The van der Waals surface area contributed by atoms with E-state index >= 15 is 0 Å². The van der Waals surface area contributed by atoms with Crippen LogP contribution in [-0.2, 0) is 14.9 Å². The van der Waals surface area contributed by atoms with Crippen molar-refractivity contribution in [1.29, 1.82) is 0 Å². The first-order valence-electron chi connectivity index (χ1n) is 6.61. The number of halogens is 1. The number of methoxy groups -OCH3 is 1. The van der Waals surface area contributed by atoms with Gasteiger partial charge in [-0.2, -0.15) is 0 Å². The highest BCUT2D eigenvalue weighted by Gasteiger charge is 2.52. The second kappa shape index (κ2) is 4.75. The number of ether oxygens (including phenoxy) is 1. The van der Waals surface area contributed by atoms with Gasteiger partial charge in [-0.15, -0.1) is 0 Å². The van der Waals surface area contributed by atoms with Crippen LogP contribution in [0.4, 0.5) is 4.39 Å². The summed E-state index contributed by atoms with van der Waals surface area (Å²) in [5.74, 6) is -0.576. The highest BCUT2D eigenvalue weighted by atomic mass is 19.1. The fourth-order valence-electron chi connectivity index (χ4n) is 2.60. The summed E-state index contributed by atoms with van der Waals surface area (Å²) in [6.45, 7) is 0. The van der Waals surface area contributed by atoms with E-state index in [9.17, 15) is 9.18 Å². The maximum Gasteiger partial charge on any atom is 0.316 e. The van der Waals surface area contributed by atoms with Gasteiger partial charge in [-0.05, 0) is 30.0 Å². The predicted octanol–water partition coefficient (Wildman–Crippen LogP) is 3.70. The van der Waals surface area contributed by atoms with E-state index in [0.29, 0.717) is 11.1 Å². The summed E-state index contributed by atoms with van der Waals surface area (Å²) >= 11 is 0. The molecule has 0 bridgehead atoms. The zero-order chi connectivity index (χ0) is 14.2. The molecule has 1 aliphatic rings. The zero-order valence-electron chi connectivity index (χ0n) is 11.2. The van der Waals surface area contributed by atoms with Gasteiger partial charge in [0.1, 0.15) is 5.82 Å². The van der Waals surface area contributed by atoms with Crippen LogP contribution >= 0.6 is 0 Å². The van der Waals surface area contributed by atoms with Crippen LogP contribution in [0.5, 0.6) is 0 Å². The second-order valence-corrected chi connectivity index (χ2v) is 5.13. The number of carbonyl (C=O) groups excluding carboxylic acids is 1. The Labute approximate surface area is 117 Å². The molecule has 0 unspecified atom stereocenters. The Balaban J connectivity index is 1.99. The van der Waals surface area contributed by atoms with Crippen molar-refractivity contribution >= 4 is 5.97 Å². The van der Waals surface area contributed by atoms with Crippen LogP contribution in [0.2, 0.25) is 0 Å². The van der Waals surface area contributed by atoms with Gasteiger partial charge in [-0.3, -0.25) is 4.79 Å². The Morgan fingerprint density at radius 2 is 1.85 bits per heavy atom. The molecule has 1 aliphatic carbocycles. The van der Waals surface area contributed by atoms with Crippen LogP contribution < -0.4 is 0 Å². The van der Waals surface area contributed by atoms with Crippen LogP contribution in [0.25, 0.3) is 11.1 Å². The molecule has 1 fully saturated rings. The number of rotatable bonds is 3. The van der Waals surface area contributed by atoms with Gasteiger partial charge in [0, 0.05) is 5.56 Å². The molecular formula is C17H15FO2. The van der Waals surface area contributed by atoms with E-state index in [-0.39, 0.29) is 11.8 Å². The summed E-state index contributed by atoms with van der Waals surface area (Å²) in [6.07, 6.45) is 1.45. The molecule has 2 nitrogen and oxygen atoms in total. The Hall–Kier alpha value is -2.16. The average Bonchev–Trinajstić information content (AvgIpc) is 3.29. The molecule has 2 aromatic rings. The molecule has 1 saturated carbocycles. The predicted molar refractivity (Wildman–Crippen MR) is 74.8 cm³/mol. The van der Waals surface area contributed by atoms with Crippen molar-refractivity contribution in [3.05, 3.63) is 59.9 Å². The van der Waals surface area contributed by atoms with Crippen LogP contribution in [0, 0.1) is 5.82 Å². The fourth-order valence-corrected chi connectivity index (χ4v) is 2.60. The molecule has 3 rings (SSSR count). The van der Waals surface area contributed by atoms with E-state index in [1.165, 1.54) is 13.2 Å². The van der Waals surface area contributed by atoms with Gasteiger partial charge in [0.2, 0.25) is 0 Å². The van der Waals surface area contributed by atoms with Crippen molar-refractivity contribution in [2.24, 2.45) is 0 Å². The molecule has 20 heavy (non-hydrogen) atoms. The minimum Gasteiger partial charge on any atom is -0.468 e. The Morgan fingerprint density at radius 1 is 1.15 bits per heavy atom. The van der Waals surface area contributed by atoms with E-state index in [1.54, 1.807) is 6.07 Å². The molecule has 0 N–H and O–H groups in total. The highest BCUT2D eigenvalue weighted by molar-refractivity contribution is 5.86. The van der Waals surface area contributed by atoms with E-state index in [2.05, 4.69) is 0 Å². The van der Waals surface area contributed by atoms with Crippen molar-refractivity contribution in [3.63, 3.8) is 0 Å². The lowest BCUT2D eigenvalue weighted by atomic mass is 9.93. The molecule has 0 saturated heterocycles. The lowest BCUT2D eigenvalue weighted by molar-refractivity contribution is -0.143. The van der Waals surface area contributed by atoms with Gasteiger partial charge < -0.3 is 4.74 Å². The summed E-state index contributed by atoms with van der Waals surface area (Å²) in [4.78, 5) is 11.8. The third-order valence-electron chi connectivity index (χ3n) is 3.93. The fraction of sp³-hybridized carbons (Fsp3) is 0.235. The molecule has 3 heteroatoms. The summed E-state index contributed by atoms with van der Waals surface area (Å²) in [5.41, 5.74) is 1.47. The maximum atomic E-state index is 14.3. The van der Waals surface area contributed by atoms with Crippen LogP contribution in [-0.4, -0.2) is 13.1 Å². The molecular weight excluding hydrogens is 255 g/mol. The molecule has 0 radical (unpaired) electrons. The molecule has 0 heterocycles. The number of benzene rings is 2. The van der Waals surface area contributed by atoms with Gasteiger partial charge in [0.05, 0.1) is 12.5 Å². The maximum absolute atomic E-state index is 14.3. The van der Waals surface area contributed by atoms with Gasteiger partial charge in [-0.25, -0.2) is 4.39 Å². The average molecular weight is 270 g/mol. The monoisotopic (exact) mass is 270 g/mol. The molecule has 102 valence electrons. The number of esters is 1. The zero-order valence-corrected chi connectivity index (χ0v) is 11.2. The molecule has 0 amide bonds. The van der Waals surface area contributed by atoms with Gasteiger partial charge in [0.25, 0.3) is 0 Å². The Bertz CT molecular complexity index is 645. The lowest BCUT2D eigenvalue weighted by Crippen LogP contribution is -2.22. The standard InChI is InChI=1S/C17H15FO2/c1-20-16(19)17(9-10-17)13-7-8-14(15(18)11-13)12-5-3-2-4-6-12/h2-8,11H,9-10H2,1H3. The van der Waals surface area contributed by atoms with Crippen LogP contribution in [0.3, 0.4) is 0 Å². The summed E-state index contributed by atoms with van der Waals surface area (Å²) in [7, 11) is 1.37. The quantitative estimate of drug-likeness (QED) is 0.795. The molecule has 0 spiro atoms. The third-order valence-corrected chi connectivity index (χ3v) is 3.93. The van der Waals surface area contributed by atoms with Crippen molar-refractivity contribution in [2.45, 2.75) is 18.3 Å². The normalized spacial score (nSPS) is 15.7. The van der Waals surface area contributed by atoms with Crippen molar-refractivity contribution in [1.82, 2.24) is 0 Å². The van der Waals surface area contributed by atoms with Crippen molar-refractivity contribution in [2.75, 3.05) is 7.11 Å². The van der Waals surface area contributed by atoms with Gasteiger partial charge in [-0.1, -0.05) is 42.5 Å². The smallest absolute Gasteiger partial charge is 0.316 e. The van der Waals surface area contributed by atoms with Gasteiger partial charge in [0.15, 0.2) is 0 Å². The van der Waals surface area contributed by atoms with E-state index in [0.717, 1.165) is 18.4 Å². The van der Waals surface area contributed by atoms with E-state index < -0.39 is 5.41 Å².